The highest BCUT2D eigenvalue weighted by Gasteiger charge is 2.29. The van der Waals surface area contributed by atoms with Gasteiger partial charge in [-0.25, -0.2) is 22.0 Å². The first-order valence-corrected chi connectivity index (χ1v) is 7.21. The molecule has 8 heteroatoms. The Kier molecular flexibility index (Phi) is 5.61. The van der Waals surface area contributed by atoms with Crippen LogP contribution in [0.15, 0.2) is 24.3 Å². The Labute approximate surface area is 140 Å². The molecule has 0 saturated carbocycles. The molecule has 3 nitrogen and oxygen atoms in total. The summed E-state index contributed by atoms with van der Waals surface area (Å²) in [4.78, 5) is 11.9. The van der Waals surface area contributed by atoms with Gasteiger partial charge in [0.2, 0.25) is 5.82 Å². The van der Waals surface area contributed by atoms with E-state index in [1.54, 1.807) is 31.2 Å². The van der Waals surface area contributed by atoms with Gasteiger partial charge in [0, 0.05) is 6.54 Å². The van der Waals surface area contributed by atoms with Gasteiger partial charge in [-0.15, -0.1) is 0 Å². The minimum Gasteiger partial charge on any atom is -0.497 e. The van der Waals surface area contributed by atoms with Gasteiger partial charge in [0.1, 0.15) is 11.3 Å². The number of amides is 1. The Balaban J connectivity index is 2.15. The van der Waals surface area contributed by atoms with E-state index in [0.29, 0.717) is 5.75 Å². The summed E-state index contributed by atoms with van der Waals surface area (Å²) in [5.41, 5.74) is -0.711. The Morgan fingerprint density at radius 1 is 0.960 bits per heavy atom. The van der Waals surface area contributed by atoms with Crippen LogP contribution in [0.4, 0.5) is 22.0 Å². The molecule has 0 bridgehead atoms. The molecule has 2 aromatic rings. The fourth-order valence-electron chi connectivity index (χ4n) is 2.19. The van der Waals surface area contributed by atoms with Crippen molar-refractivity contribution in [3.05, 3.63) is 64.5 Å². The molecule has 0 heterocycles. The largest absolute Gasteiger partial charge is 0.497 e. The Morgan fingerprint density at radius 3 is 1.92 bits per heavy atom. The van der Waals surface area contributed by atoms with Gasteiger partial charge in [-0.3, -0.25) is 4.79 Å². The number of halogens is 5. The lowest BCUT2D eigenvalue weighted by atomic mass is 10.0. The fourth-order valence-corrected chi connectivity index (χ4v) is 2.19. The van der Waals surface area contributed by atoms with Crippen LogP contribution in [0.5, 0.6) is 5.75 Å². The average molecular weight is 359 g/mol. The summed E-state index contributed by atoms with van der Waals surface area (Å²) in [6, 6.07) is 6.84. The SMILES string of the molecule is COc1ccc(C(C)CNC(=O)c2c(F)c(F)c(F)c(F)c2F)cc1. The second kappa shape index (κ2) is 7.50. The van der Waals surface area contributed by atoms with Crippen molar-refractivity contribution in [2.24, 2.45) is 0 Å². The molecule has 0 aliphatic heterocycles. The molecule has 0 aliphatic carbocycles. The van der Waals surface area contributed by atoms with E-state index in [2.05, 4.69) is 5.32 Å². The van der Waals surface area contributed by atoms with Crippen molar-refractivity contribution in [2.75, 3.05) is 13.7 Å². The van der Waals surface area contributed by atoms with Crippen molar-refractivity contribution < 1.29 is 31.5 Å². The third-order valence-electron chi connectivity index (χ3n) is 3.69. The van der Waals surface area contributed by atoms with Gasteiger partial charge < -0.3 is 10.1 Å². The lowest BCUT2D eigenvalue weighted by Gasteiger charge is -2.14. The molecule has 0 fully saturated rings. The number of benzene rings is 2. The number of ether oxygens (including phenoxy) is 1. The number of hydrogen-bond donors (Lipinski definition) is 1. The van der Waals surface area contributed by atoms with E-state index in [1.165, 1.54) is 7.11 Å². The number of carbonyl (C=O) groups excluding carboxylic acids is 1. The zero-order valence-electron chi connectivity index (χ0n) is 13.3. The smallest absolute Gasteiger partial charge is 0.257 e. The van der Waals surface area contributed by atoms with E-state index >= 15 is 0 Å². The van der Waals surface area contributed by atoms with Gasteiger partial charge in [-0.05, 0) is 23.6 Å². The Bertz CT molecular complexity index is 764. The van der Waals surface area contributed by atoms with Gasteiger partial charge >= 0.3 is 0 Å². The van der Waals surface area contributed by atoms with Crippen LogP contribution in [0.25, 0.3) is 0 Å². The maximum atomic E-state index is 13.6. The fraction of sp³-hybridized carbons (Fsp3) is 0.235. The highest BCUT2D eigenvalue weighted by Crippen LogP contribution is 2.23. The van der Waals surface area contributed by atoms with Crippen molar-refractivity contribution >= 4 is 5.91 Å². The molecule has 0 saturated heterocycles. The standard InChI is InChI=1S/C17H14F5NO2/c1-8(9-3-5-10(25-2)6-4-9)7-23-17(24)11-12(18)14(20)16(22)15(21)13(11)19/h3-6,8H,7H2,1-2H3,(H,23,24). The van der Waals surface area contributed by atoms with Gasteiger partial charge in [-0.1, -0.05) is 19.1 Å². The topological polar surface area (TPSA) is 38.3 Å². The van der Waals surface area contributed by atoms with E-state index in [-0.39, 0.29) is 12.5 Å². The zero-order chi connectivity index (χ0) is 18.7. The van der Waals surface area contributed by atoms with Crippen molar-refractivity contribution in [1.82, 2.24) is 5.32 Å². The van der Waals surface area contributed by atoms with Crippen molar-refractivity contribution in [2.45, 2.75) is 12.8 Å². The number of hydrogen-bond acceptors (Lipinski definition) is 2. The molecule has 1 unspecified atom stereocenters. The minimum atomic E-state index is -2.31. The normalized spacial score (nSPS) is 12.0. The van der Waals surface area contributed by atoms with Crippen LogP contribution in [0.2, 0.25) is 0 Å². The summed E-state index contributed by atoms with van der Waals surface area (Å²) < 4.78 is 71.5. The van der Waals surface area contributed by atoms with Crippen molar-refractivity contribution in [3.8, 4) is 5.75 Å². The third-order valence-corrected chi connectivity index (χ3v) is 3.69. The Hall–Kier alpha value is -2.64. The molecule has 0 aromatic heterocycles. The number of nitrogens with one attached hydrogen (secondary N) is 1. The third kappa shape index (κ3) is 3.72. The number of methoxy groups -OCH3 is 1. The van der Waals surface area contributed by atoms with Crippen LogP contribution in [0.1, 0.15) is 28.8 Å². The minimum absolute atomic E-state index is 0.0648. The van der Waals surface area contributed by atoms with Crippen LogP contribution < -0.4 is 10.1 Å². The molecule has 1 N–H and O–H groups in total. The number of carbonyl (C=O) groups is 1. The summed E-state index contributed by atoms with van der Waals surface area (Å²) in [6.07, 6.45) is 0. The predicted molar refractivity (Wildman–Crippen MR) is 80.0 cm³/mol. The predicted octanol–water partition coefficient (Wildman–Crippen LogP) is 3.92. The molecule has 2 aromatic carbocycles. The van der Waals surface area contributed by atoms with Crippen LogP contribution in [0.3, 0.4) is 0 Å². The van der Waals surface area contributed by atoms with E-state index in [0.717, 1.165) is 5.56 Å². The molecule has 1 amide bonds. The number of rotatable bonds is 5. The van der Waals surface area contributed by atoms with Gasteiger partial charge in [0.05, 0.1) is 7.11 Å². The highest BCUT2D eigenvalue weighted by molar-refractivity contribution is 5.94. The van der Waals surface area contributed by atoms with E-state index < -0.39 is 40.6 Å². The molecule has 25 heavy (non-hydrogen) atoms. The summed E-state index contributed by atoms with van der Waals surface area (Å²) in [5, 5.41) is 2.18. The lowest BCUT2D eigenvalue weighted by Crippen LogP contribution is -2.30. The Morgan fingerprint density at radius 2 is 1.44 bits per heavy atom. The average Bonchev–Trinajstić information content (AvgIpc) is 2.63. The van der Waals surface area contributed by atoms with Crippen molar-refractivity contribution in [3.63, 3.8) is 0 Å². The van der Waals surface area contributed by atoms with Gasteiger partial charge in [-0.2, -0.15) is 0 Å². The maximum absolute atomic E-state index is 13.6. The summed E-state index contributed by atoms with van der Waals surface area (Å²) in [6.45, 7) is 1.66. The second-order valence-corrected chi connectivity index (χ2v) is 5.33. The van der Waals surface area contributed by atoms with Gasteiger partial charge in [0.15, 0.2) is 23.3 Å². The van der Waals surface area contributed by atoms with E-state index in [4.69, 9.17) is 4.74 Å². The zero-order valence-corrected chi connectivity index (χ0v) is 13.3. The van der Waals surface area contributed by atoms with Gasteiger partial charge in [0.25, 0.3) is 5.91 Å². The van der Waals surface area contributed by atoms with E-state index in [1.807, 2.05) is 0 Å². The van der Waals surface area contributed by atoms with E-state index in [9.17, 15) is 26.7 Å². The molecule has 0 spiro atoms. The molecule has 0 radical (unpaired) electrons. The first-order chi connectivity index (χ1) is 11.8. The van der Waals surface area contributed by atoms with Crippen LogP contribution in [0, 0.1) is 29.1 Å². The quantitative estimate of drug-likeness (QED) is 0.499. The monoisotopic (exact) mass is 359 g/mol. The molecule has 0 aliphatic rings. The lowest BCUT2D eigenvalue weighted by molar-refractivity contribution is 0.0940. The maximum Gasteiger partial charge on any atom is 0.257 e. The first kappa shape index (κ1) is 18.7. The molecule has 2 rings (SSSR count). The first-order valence-electron chi connectivity index (χ1n) is 7.21. The summed E-state index contributed by atoms with van der Waals surface area (Å²) in [7, 11) is 1.50. The second-order valence-electron chi connectivity index (χ2n) is 5.33. The van der Waals surface area contributed by atoms with Crippen LogP contribution in [-0.4, -0.2) is 19.6 Å². The molecule has 1 atom stereocenters. The molecular weight excluding hydrogens is 345 g/mol. The highest BCUT2D eigenvalue weighted by atomic mass is 19.2. The van der Waals surface area contributed by atoms with Crippen molar-refractivity contribution in [1.29, 1.82) is 0 Å². The summed E-state index contributed by atoms with van der Waals surface area (Å²) >= 11 is 0. The summed E-state index contributed by atoms with van der Waals surface area (Å²) in [5.74, 6) is -12.0. The van der Waals surface area contributed by atoms with Crippen LogP contribution in [-0.2, 0) is 0 Å². The van der Waals surface area contributed by atoms with Crippen LogP contribution >= 0.6 is 0 Å². The molecular formula is C17H14F5NO2. The molecule has 134 valence electrons.